The molecule has 2 aliphatic rings. The maximum atomic E-state index is 13.0. The molecule has 0 aromatic heterocycles. The first-order chi connectivity index (χ1) is 10.3. The summed E-state index contributed by atoms with van der Waals surface area (Å²) < 4.78 is 50.5. The summed E-state index contributed by atoms with van der Waals surface area (Å²) in [7, 11) is 0. The third kappa shape index (κ3) is 6.20. The number of carbonyl (C=O) groups excluding carboxylic acids is 1. The number of amides is 1. The second kappa shape index (κ2) is 9.99. The van der Waals surface area contributed by atoms with Gasteiger partial charge in [0.1, 0.15) is 0 Å². The van der Waals surface area contributed by atoms with Gasteiger partial charge in [0.25, 0.3) is 0 Å². The van der Waals surface area contributed by atoms with Gasteiger partial charge in [0, 0.05) is 38.1 Å². The van der Waals surface area contributed by atoms with Gasteiger partial charge in [-0.1, -0.05) is 6.42 Å². The van der Waals surface area contributed by atoms with Crippen LogP contribution in [-0.2, 0) is 4.79 Å². The molecule has 1 amide bonds. The summed E-state index contributed by atoms with van der Waals surface area (Å²) in [6.45, 7) is 0.0639. The molecular weight excluding hydrogens is 373 g/mol. The second-order valence-electron chi connectivity index (χ2n) is 6.29. The van der Waals surface area contributed by atoms with Gasteiger partial charge in [-0.15, -0.1) is 24.8 Å². The van der Waals surface area contributed by atoms with Crippen LogP contribution in [0.3, 0.4) is 0 Å². The molecule has 1 aliphatic carbocycles. The van der Waals surface area contributed by atoms with Crippen LogP contribution in [0.5, 0.6) is 0 Å². The summed E-state index contributed by atoms with van der Waals surface area (Å²) in [6, 6.07) is 0.0497. The van der Waals surface area contributed by atoms with E-state index in [1.165, 1.54) is 4.90 Å². The van der Waals surface area contributed by atoms with Crippen molar-refractivity contribution in [3.63, 3.8) is 0 Å². The number of nitrogens with two attached hydrogens (primary N) is 1. The molecular formula is C14H25Cl2F4N3O. The standard InChI is InChI=1S/C14H23F4N3O.2ClH/c15-13(16)14(17,18)9-20-4-6-21(7-5-20)12(22)10-2-1-3-11(19)8-10;;/h10-11,13H,1-9,19H2;2*1H. The number of rotatable bonds is 4. The Morgan fingerprint density at radius 3 is 2.21 bits per heavy atom. The lowest BCUT2D eigenvalue weighted by Crippen LogP contribution is -2.54. The van der Waals surface area contributed by atoms with Gasteiger partial charge in [-0.3, -0.25) is 9.69 Å². The van der Waals surface area contributed by atoms with E-state index >= 15 is 0 Å². The van der Waals surface area contributed by atoms with Crippen LogP contribution in [-0.4, -0.2) is 66.8 Å². The Morgan fingerprint density at radius 2 is 1.71 bits per heavy atom. The molecule has 2 N–H and O–H groups in total. The number of halogens is 6. The summed E-state index contributed by atoms with van der Waals surface area (Å²) in [4.78, 5) is 15.3. The Bertz CT molecular complexity index is 396. The Morgan fingerprint density at radius 1 is 1.12 bits per heavy atom. The van der Waals surface area contributed by atoms with Crippen molar-refractivity contribution in [1.82, 2.24) is 9.80 Å². The van der Waals surface area contributed by atoms with Crippen molar-refractivity contribution in [1.29, 1.82) is 0 Å². The minimum absolute atomic E-state index is 0. The van der Waals surface area contributed by atoms with E-state index in [-0.39, 0.29) is 55.8 Å². The summed E-state index contributed by atoms with van der Waals surface area (Å²) >= 11 is 0. The van der Waals surface area contributed by atoms with E-state index in [0.717, 1.165) is 19.3 Å². The average Bonchev–Trinajstić information content (AvgIpc) is 2.47. The number of hydrogen-bond donors (Lipinski definition) is 1. The van der Waals surface area contributed by atoms with Gasteiger partial charge >= 0.3 is 12.3 Å². The lowest BCUT2D eigenvalue weighted by Gasteiger charge is -2.38. The maximum Gasteiger partial charge on any atom is 0.319 e. The zero-order valence-corrected chi connectivity index (χ0v) is 14.9. The summed E-state index contributed by atoms with van der Waals surface area (Å²) in [5, 5.41) is 0. The van der Waals surface area contributed by atoms with Crippen LogP contribution in [0.25, 0.3) is 0 Å². The molecule has 1 saturated carbocycles. The van der Waals surface area contributed by atoms with Gasteiger partial charge in [-0.2, -0.15) is 8.78 Å². The quantitative estimate of drug-likeness (QED) is 0.740. The molecule has 1 aliphatic heterocycles. The smallest absolute Gasteiger partial charge is 0.319 e. The number of alkyl halides is 4. The van der Waals surface area contributed by atoms with Crippen LogP contribution in [0.15, 0.2) is 0 Å². The number of nitrogens with zero attached hydrogens (tertiary/aromatic N) is 2. The van der Waals surface area contributed by atoms with Gasteiger partial charge < -0.3 is 10.6 Å². The number of hydrogen-bond acceptors (Lipinski definition) is 3. The van der Waals surface area contributed by atoms with Crippen molar-refractivity contribution in [2.45, 2.75) is 44.1 Å². The Labute approximate surface area is 151 Å². The molecule has 0 aromatic carbocycles. The lowest BCUT2D eigenvalue weighted by atomic mass is 9.85. The van der Waals surface area contributed by atoms with Crippen LogP contribution < -0.4 is 5.73 Å². The van der Waals surface area contributed by atoms with E-state index in [1.54, 1.807) is 4.90 Å². The molecule has 144 valence electrons. The zero-order chi connectivity index (χ0) is 16.3. The maximum absolute atomic E-state index is 13.0. The molecule has 2 unspecified atom stereocenters. The lowest BCUT2D eigenvalue weighted by molar-refractivity contribution is -0.150. The fourth-order valence-electron chi connectivity index (χ4n) is 3.20. The van der Waals surface area contributed by atoms with E-state index in [4.69, 9.17) is 5.73 Å². The topological polar surface area (TPSA) is 49.6 Å². The highest BCUT2D eigenvalue weighted by atomic mass is 35.5. The molecule has 0 radical (unpaired) electrons. The van der Waals surface area contributed by atoms with Gasteiger partial charge in [0.05, 0.1) is 6.54 Å². The number of carbonyl (C=O) groups is 1. The minimum Gasteiger partial charge on any atom is -0.340 e. The van der Waals surface area contributed by atoms with Crippen LogP contribution in [0, 0.1) is 5.92 Å². The van der Waals surface area contributed by atoms with Crippen molar-refractivity contribution in [2.24, 2.45) is 11.7 Å². The molecule has 2 rings (SSSR count). The predicted octanol–water partition coefficient (Wildman–Crippen LogP) is 2.39. The largest absolute Gasteiger partial charge is 0.340 e. The highest BCUT2D eigenvalue weighted by molar-refractivity contribution is 5.85. The highest BCUT2D eigenvalue weighted by Crippen LogP contribution is 2.27. The van der Waals surface area contributed by atoms with Crippen LogP contribution in [0.4, 0.5) is 17.6 Å². The first-order valence-corrected chi connectivity index (χ1v) is 7.72. The van der Waals surface area contributed by atoms with Gasteiger partial charge in [0.2, 0.25) is 5.91 Å². The molecule has 0 spiro atoms. The first-order valence-electron chi connectivity index (χ1n) is 7.72. The zero-order valence-electron chi connectivity index (χ0n) is 13.3. The first kappa shape index (κ1) is 23.7. The Balaban J connectivity index is 0.00000264. The van der Waals surface area contributed by atoms with E-state index in [1.807, 2.05) is 0 Å². The fraction of sp³-hybridized carbons (Fsp3) is 0.929. The third-order valence-electron chi connectivity index (χ3n) is 4.50. The van der Waals surface area contributed by atoms with Crippen molar-refractivity contribution in [2.75, 3.05) is 32.7 Å². The molecule has 2 atom stereocenters. The SMILES string of the molecule is Cl.Cl.NC1CCCC(C(=O)N2CCN(CC(F)(F)C(F)F)CC2)C1. The Kier molecular flexibility index (Phi) is 9.86. The highest BCUT2D eigenvalue weighted by Gasteiger charge is 2.43. The van der Waals surface area contributed by atoms with Gasteiger partial charge in [-0.05, 0) is 19.3 Å². The second-order valence-corrected chi connectivity index (χ2v) is 6.29. The summed E-state index contributed by atoms with van der Waals surface area (Å²) in [6.07, 6.45) is -0.312. The molecule has 10 heteroatoms. The van der Waals surface area contributed by atoms with E-state index in [0.29, 0.717) is 19.5 Å². The molecule has 2 fully saturated rings. The molecule has 0 bridgehead atoms. The molecule has 24 heavy (non-hydrogen) atoms. The van der Waals surface area contributed by atoms with Gasteiger partial charge in [0.15, 0.2) is 0 Å². The normalized spacial score (nSPS) is 25.8. The molecule has 4 nitrogen and oxygen atoms in total. The monoisotopic (exact) mass is 397 g/mol. The van der Waals surface area contributed by atoms with Crippen LogP contribution in [0.1, 0.15) is 25.7 Å². The van der Waals surface area contributed by atoms with Crippen molar-refractivity contribution in [3.05, 3.63) is 0 Å². The van der Waals surface area contributed by atoms with Crippen LogP contribution >= 0.6 is 24.8 Å². The molecule has 0 aromatic rings. The number of piperazine rings is 1. The van der Waals surface area contributed by atoms with Crippen molar-refractivity contribution in [3.8, 4) is 0 Å². The third-order valence-corrected chi connectivity index (χ3v) is 4.50. The van der Waals surface area contributed by atoms with Crippen molar-refractivity contribution < 1.29 is 22.4 Å². The summed E-state index contributed by atoms with van der Waals surface area (Å²) in [5.41, 5.74) is 5.88. The van der Waals surface area contributed by atoms with Gasteiger partial charge in [-0.25, -0.2) is 8.78 Å². The Hall–Kier alpha value is -0.310. The molecule has 1 saturated heterocycles. The van der Waals surface area contributed by atoms with E-state index in [2.05, 4.69) is 0 Å². The fourth-order valence-corrected chi connectivity index (χ4v) is 3.20. The van der Waals surface area contributed by atoms with E-state index in [9.17, 15) is 22.4 Å². The predicted molar refractivity (Wildman–Crippen MR) is 88.4 cm³/mol. The van der Waals surface area contributed by atoms with Crippen LogP contribution in [0.2, 0.25) is 0 Å². The molecule has 1 heterocycles. The average molecular weight is 398 g/mol. The van der Waals surface area contributed by atoms with Crippen molar-refractivity contribution >= 4 is 30.7 Å². The van der Waals surface area contributed by atoms with E-state index < -0.39 is 18.9 Å². The summed E-state index contributed by atoms with van der Waals surface area (Å²) in [5.74, 6) is -4.06. The minimum atomic E-state index is -4.00.